The second-order valence-electron chi connectivity index (χ2n) is 9.54. The number of benzene rings is 1. The van der Waals surface area contributed by atoms with E-state index in [0.717, 1.165) is 30.7 Å². The third-order valence-corrected chi connectivity index (χ3v) is 7.14. The Bertz CT molecular complexity index is 917. The molecular formula is C24H28N2OS. The van der Waals surface area contributed by atoms with E-state index < -0.39 is 0 Å². The van der Waals surface area contributed by atoms with Crippen molar-refractivity contribution in [3.05, 3.63) is 51.9 Å². The van der Waals surface area contributed by atoms with Gasteiger partial charge in [0.15, 0.2) is 0 Å². The average Bonchev–Trinajstić information content (AvgIpc) is 3.37. The highest BCUT2D eigenvalue weighted by Crippen LogP contribution is 2.49. The number of hydrogen-bond acceptors (Lipinski definition) is 3. The van der Waals surface area contributed by atoms with E-state index in [1.165, 1.54) is 22.4 Å². The quantitative estimate of drug-likeness (QED) is 0.704. The monoisotopic (exact) mass is 392 g/mol. The maximum Gasteiger partial charge on any atom is 0.228 e. The van der Waals surface area contributed by atoms with Gasteiger partial charge in [-0.3, -0.25) is 4.79 Å². The van der Waals surface area contributed by atoms with Crippen molar-refractivity contribution >= 4 is 22.2 Å². The highest BCUT2D eigenvalue weighted by Gasteiger charge is 2.44. The molecule has 0 spiro atoms. The molecule has 1 aromatic carbocycles. The zero-order valence-corrected chi connectivity index (χ0v) is 17.7. The number of thiophene rings is 1. The molecule has 2 aliphatic rings. The van der Waals surface area contributed by atoms with E-state index in [1.54, 1.807) is 11.3 Å². The van der Waals surface area contributed by atoms with Crippen LogP contribution in [-0.2, 0) is 17.6 Å². The van der Waals surface area contributed by atoms with Gasteiger partial charge in [0.1, 0.15) is 11.1 Å². The smallest absolute Gasteiger partial charge is 0.228 e. The Balaban J connectivity index is 1.46. The van der Waals surface area contributed by atoms with Gasteiger partial charge in [0.2, 0.25) is 5.91 Å². The summed E-state index contributed by atoms with van der Waals surface area (Å²) in [6.45, 7) is 6.88. The van der Waals surface area contributed by atoms with Crippen LogP contribution in [-0.4, -0.2) is 5.91 Å². The van der Waals surface area contributed by atoms with Crippen LogP contribution in [0.2, 0.25) is 0 Å². The van der Waals surface area contributed by atoms with Crippen molar-refractivity contribution in [2.45, 2.75) is 58.8 Å². The van der Waals surface area contributed by atoms with Gasteiger partial charge in [-0.25, -0.2) is 0 Å². The van der Waals surface area contributed by atoms with Crippen LogP contribution in [0.25, 0.3) is 0 Å². The van der Waals surface area contributed by atoms with Crippen LogP contribution in [0.15, 0.2) is 30.3 Å². The number of fused-ring (bicyclic) bond motifs is 1. The van der Waals surface area contributed by atoms with Crippen molar-refractivity contribution in [2.75, 3.05) is 5.32 Å². The standard InChI is InChI=1S/C24H28N2OS/c1-24(2,3)13-15-9-10-17-20(14-25)23(28-21(17)11-15)26-22(27)19-12-18(19)16-7-5-4-6-8-16/h4-8,15,18-19H,9-13H2,1-3H3,(H,26,27). The molecule has 1 amide bonds. The van der Waals surface area contributed by atoms with Crippen LogP contribution >= 0.6 is 11.3 Å². The van der Waals surface area contributed by atoms with Crippen LogP contribution < -0.4 is 5.32 Å². The minimum atomic E-state index is 0.0294. The first-order valence-corrected chi connectivity index (χ1v) is 11.1. The van der Waals surface area contributed by atoms with Gasteiger partial charge in [-0.15, -0.1) is 11.3 Å². The second kappa shape index (κ2) is 7.37. The van der Waals surface area contributed by atoms with Crippen LogP contribution in [0.3, 0.4) is 0 Å². The van der Waals surface area contributed by atoms with Crippen molar-refractivity contribution in [3.63, 3.8) is 0 Å². The number of nitrogens with zero attached hydrogens (tertiary/aromatic N) is 1. The molecule has 1 heterocycles. The van der Waals surface area contributed by atoms with Crippen molar-refractivity contribution in [1.82, 2.24) is 0 Å². The molecule has 0 radical (unpaired) electrons. The zero-order valence-electron chi connectivity index (χ0n) is 16.9. The van der Waals surface area contributed by atoms with Crippen LogP contribution in [0.1, 0.15) is 67.5 Å². The average molecular weight is 393 g/mol. The Morgan fingerprint density at radius 2 is 2.04 bits per heavy atom. The topological polar surface area (TPSA) is 52.9 Å². The fourth-order valence-electron chi connectivity index (χ4n) is 4.66. The number of nitriles is 1. The van der Waals surface area contributed by atoms with Gasteiger partial charge < -0.3 is 5.32 Å². The van der Waals surface area contributed by atoms with E-state index in [2.05, 4.69) is 44.3 Å². The largest absolute Gasteiger partial charge is 0.316 e. The second-order valence-corrected chi connectivity index (χ2v) is 10.6. The lowest BCUT2D eigenvalue weighted by atomic mass is 9.77. The molecular weight excluding hydrogens is 364 g/mol. The summed E-state index contributed by atoms with van der Waals surface area (Å²) in [6.07, 6.45) is 5.24. The fraction of sp³-hybridized carbons (Fsp3) is 0.500. The number of amides is 1. The number of hydrogen-bond donors (Lipinski definition) is 1. The molecule has 28 heavy (non-hydrogen) atoms. The third-order valence-electron chi connectivity index (χ3n) is 5.97. The van der Waals surface area contributed by atoms with Gasteiger partial charge in [0, 0.05) is 10.8 Å². The number of rotatable bonds is 4. The molecule has 3 unspecified atom stereocenters. The molecule has 1 aromatic heterocycles. The van der Waals surface area contributed by atoms with E-state index in [0.29, 0.717) is 22.8 Å². The van der Waals surface area contributed by atoms with Gasteiger partial charge in [0.05, 0.1) is 5.56 Å². The van der Waals surface area contributed by atoms with E-state index in [1.807, 2.05) is 18.2 Å². The predicted molar refractivity (Wildman–Crippen MR) is 115 cm³/mol. The molecule has 0 bridgehead atoms. The van der Waals surface area contributed by atoms with Crippen molar-refractivity contribution in [1.29, 1.82) is 5.26 Å². The highest BCUT2D eigenvalue weighted by molar-refractivity contribution is 7.16. The number of carbonyl (C=O) groups is 1. The molecule has 1 saturated carbocycles. The summed E-state index contributed by atoms with van der Waals surface area (Å²) >= 11 is 1.63. The SMILES string of the molecule is CC(C)(C)CC1CCc2c(sc(NC(=O)C3CC3c3ccccc3)c2C#N)C1. The number of nitrogens with one attached hydrogen (secondary N) is 1. The maximum absolute atomic E-state index is 12.8. The minimum absolute atomic E-state index is 0.0294. The van der Waals surface area contributed by atoms with Crippen LogP contribution in [0.4, 0.5) is 5.00 Å². The van der Waals surface area contributed by atoms with Crippen LogP contribution in [0.5, 0.6) is 0 Å². The lowest BCUT2D eigenvalue weighted by Gasteiger charge is -2.28. The molecule has 4 heteroatoms. The van der Waals surface area contributed by atoms with Crippen LogP contribution in [0, 0.1) is 28.6 Å². The molecule has 3 atom stereocenters. The molecule has 2 aliphatic carbocycles. The number of carbonyl (C=O) groups excluding carboxylic acids is 1. The Kier molecular flexibility index (Phi) is 5.05. The van der Waals surface area contributed by atoms with E-state index in [9.17, 15) is 10.1 Å². The Morgan fingerprint density at radius 3 is 2.71 bits per heavy atom. The van der Waals surface area contributed by atoms with Crippen molar-refractivity contribution < 1.29 is 4.79 Å². The predicted octanol–water partition coefficient (Wildman–Crippen LogP) is 5.90. The zero-order chi connectivity index (χ0) is 19.9. The van der Waals surface area contributed by atoms with Crippen molar-refractivity contribution in [2.24, 2.45) is 17.3 Å². The lowest BCUT2D eigenvalue weighted by Crippen LogP contribution is -2.19. The maximum atomic E-state index is 12.8. The lowest BCUT2D eigenvalue weighted by molar-refractivity contribution is -0.117. The van der Waals surface area contributed by atoms with E-state index >= 15 is 0 Å². The summed E-state index contributed by atoms with van der Waals surface area (Å²) in [5.74, 6) is 1.08. The molecule has 0 aliphatic heterocycles. The van der Waals surface area contributed by atoms with Gasteiger partial charge in [-0.1, -0.05) is 51.1 Å². The van der Waals surface area contributed by atoms with Gasteiger partial charge >= 0.3 is 0 Å². The first-order chi connectivity index (χ1) is 13.4. The number of anilines is 1. The van der Waals surface area contributed by atoms with E-state index in [4.69, 9.17) is 0 Å². The van der Waals surface area contributed by atoms with E-state index in [-0.39, 0.29) is 11.8 Å². The summed E-state index contributed by atoms with van der Waals surface area (Å²) in [6, 6.07) is 12.6. The molecule has 146 valence electrons. The summed E-state index contributed by atoms with van der Waals surface area (Å²) in [5.41, 5.74) is 3.45. The summed E-state index contributed by atoms with van der Waals surface area (Å²) < 4.78 is 0. The van der Waals surface area contributed by atoms with Gasteiger partial charge in [-0.2, -0.15) is 5.26 Å². The molecule has 3 nitrogen and oxygen atoms in total. The first-order valence-electron chi connectivity index (χ1n) is 10.3. The van der Waals surface area contributed by atoms with Gasteiger partial charge in [0.25, 0.3) is 0 Å². The molecule has 1 N–H and O–H groups in total. The normalized spacial score (nSPS) is 23.6. The molecule has 1 fully saturated rings. The highest BCUT2D eigenvalue weighted by atomic mass is 32.1. The molecule has 0 saturated heterocycles. The Labute approximate surface area is 171 Å². The molecule has 4 rings (SSSR count). The summed E-state index contributed by atoms with van der Waals surface area (Å²) in [5, 5.41) is 13.6. The molecule has 2 aromatic rings. The van der Waals surface area contributed by atoms with Crippen molar-refractivity contribution in [3.8, 4) is 6.07 Å². The summed E-state index contributed by atoms with van der Waals surface area (Å²) in [4.78, 5) is 14.1. The fourth-order valence-corrected chi connectivity index (χ4v) is 5.97. The van der Waals surface area contributed by atoms with Gasteiger partial charge in [-0.05, 0) is 60.5 Å². The third kappa shape index (κ3) is 4.00. The minimum Gasteiger partial charge on any atom is -0.316 e. The first kappa shape index (κ1) is 19.2. The summed E-state index contributed by atoms with van der Waals surface area (Å²) in [7, 11) is 0. The Hall–Kier alpha value is -2.12. The Morgan fingerprint density at radius 1 is 1.29 bits per heavy atom.